The molecule has 0 aliphatic heterocycles. The molecule has 1 aromatic carbocycles. The van der Waals surface area contributed by atoms with E-state index >= 15 is 0 Å². The average Bonchev–Trinajstić information content (AvgIpc) is 2.38. The summed E-state index contributed by atoms with van der Waals surface area (Å²) in [5, 5.41) is 2.83. The maximum Gasteiger partial charge on any atom is 0.255 e. The van der Waals surface area contributed by atoms with Crippen LogP contribution < -0.4 is 15.8 Å². The minimum atomic E-state index is -0.522. The number of amides is 2. The number of carbonyl (C=O) groups is 2. The predicted molar refractivity (Wildman–Crippen MR) is 73.8 cm³/mol. The number of benzene rings is 1. The fourth-order valence-electron chi connectivity index (χ4n) is 1.62. The Morgan fingerprint density at radius 1 is 1.32 bits per heavy atom. The molecule has 5 heteroatoms. The molecule has 0 saturated carbocycles. The number of rotatable bonds is 7. The Morgan fingerprint density at radius 2 is 1.95 bits per heavy atom. The molecule has 5 nitrogen and oxygen atoms in total. The van der Waals surface area contributed by atoms with Crippen molar-refractivity contribution in [2.75, 3.05) is 11.9 Å². The molecule has 104 valence electrons. The molecule has 1 rings (SSSR count). The second-order valence-electron chi connectivity index (χ2n) is 4.46. The van der Waals surface area contributed by atoms with Gasteiger partial charge in [0, 0.05) is 11.6 Å². The molecule has 1 unspecified atom stereocenters. The third kappa shape index (κ3) is 5.42. The standard InChI is InChI=1S/C14H20N2O3/c1-3-4-10(2)14(18)16-11-5-7-12(8-6-11)19-9-13(15)17/h5-8,10H,3-4,9H2,1-2H3,(H2,15,17)(H,16,18). The summed E-state index contributed by atoms with van der Waals surface area (Å²) in [6.07, 6.45) is 1.85. The maximum atomic E-state index is 11.8. The van der Waals surface area contributed by atoms with Crippen LogP contribution in [0.15, 0.2) is 24.3 Å². The van der Waals surface area contributed by atoms with Crippen LogP contribution in [-0.2, 0) is 9.59 Å². The zero-order valence-corrected chi connectivity index (χ0v) is 11.3. The van der Waals surface area contributed by atoms with Gasteiger partial charge in [-0.2, -0.15) is 0 Å². The number of nitrogens with two attached hydrogens (primary N) is 1. The Balaban J connectivity index is 2.52. The Bertz CT molecular complexity index is 429. The second-order valence-corrected chi connectivity index (χ2v) is 4.46. The van der Waals surface area contributed by atoms with Gasteiger partial charge >= 0.3 is 0 Å². The first kappa shape index (κ1) is 15.0. The summed E-state index contributed by atoms with van der Waals surface area (Å²) in [4.78, 5) is 22.4. The molecule has 0 aliphatic rings. The monoisotopic (exact) mass is 264 g/mol. The van der Waals surface area contributed by atoms with Gasteiger partial charge < -0.3 is 15.8 Å². The van der Waals surface area contributed by atoms with E-state index in [0.29, 0.717) is 11.4 Å². The van der Waals surface area contributed by atoms with Crippen LogP contribution in [0.4, 0.5) is 5.69 Å². The molecule has 0 heterocycles. The lowest BCUT2D eigenvalue weighted by molar-refractivity contribution is -0.120. The molecule has 19 heavy (non-hydrogen) atoms. The number of hydrogen-bond acceptors (Lipinski definition) is 3. The molecular formula is C14H20N2O3. The smallest absolute Gasteiger partial charge is 0.255 e. The quantitative estimate of drug-likeness (QED) is 0.789. The first-order valence-electron chi connectivity index (χ1n) is 6.35. The van der Waals surface area contributed by atoms with E-state index in [0.717, 1.165) is 12.8 Å². The summed E-state index contributed by atoms with van der Waals surface area (Å²) in [6.45, 7) is 3.80. The highest BCUT2D eigenvalue weighted by molar-refractivity contribution is 5.92. The fourth-order valence-corrected chi connectivity index (χ4v) is 1.62. The molecule has 0 saturated heterocycles. The van der Waals surface area contributed by atoms with Crippen LogP contribution in [-0.4, -0.2) is 18.4 Å². The van der Waals surface area contributed by atoms with E-state index in [1.807, 2.05) is 6.92 Å². The number of primary amides is 1. The molecule has 0 aromatic heterocycles. The van der Waals surface area contributed by atoms with Gasteiger partial charge in [-0.15, -0.1) is 0 Å². The van der Waals surface area contributed by atoms with Crippen molar-refractivity contribution in [2.45, 2.75) is 26.7 Å². The largest absolute Gasteiger partial charge is 0.484 e. The summed E-state index contributed by atoms with van der Waals surface area (Å²) < 4.78 is 5.13. The molecule has 0 radical (unpaired) electrons. The highest BCUT2D eigenvalue weighted by Gasteiger charge is 2.11. The van der Waals surface area contributed by atoms with E-state index in [4.69, 9.17) is 10.5 Å². The van der Waals surface area contributed by atoms with Crippen molar-refractivity contribution in [3.63, 3.8) is 0 Å². The molecular weight excluding hydrogens is 244 g/mol. The predicted octanol–water partition coefficient (Wildman–Crippen LogP) is 1.93. The van der Waals surface area contributed by atoms with Gasteiger partial charge in [-0.05, 0) is 30.7 Å². The molecule has 3 N–H and O–H groups in total. The van der Waals surface area contributed by atoms with Crippen molar-refractivity contribution >= 4 is 17.5 Å². The second kappa shape index (κ2) is 7.41. The molecule has 0 bridgehead atoms. The van der Waals surface area contributed by atoms with E-state index in [1.165, 1.54) is 0 Å². The molecule has 2 amide bonds. The third-order valence-electron chi connectivity index (χ3n) is 2.67. The Labute approximate surface area is 113 Å². The Kier molecular flexibility index (Phi) is 5.85. The van der Waals surface area contributed by atoms with Crippen LogP contribution in [0.3, 0.4) is 0 Å². The Hall–Kier alpha value is -2.04. The zero-order valence-electron chi connectivity index (χ0n) is 11.3. The van der Waals surface area contributed by atoms with Gasteiger partial charge in [-0.1, -0.05) is 20.3 Å². The molecule has 1 atom stereocenters. The summed E-state index contributed by atoms with van der Waals surface area (Å²) >= 11 is 0. The lowest BCUT2D eigenvalue weighted by atomic mass is 10.1. The number of anilines is 1. The molecule has 0 fully saturated rings. The van der Waals surface area contributed by atoms with Gasteiger partial charge in [0.2, 0.25) is 5.91 Å². The van der Waals surface area contributed by atoms with Crippen molar-refractivity contribution < 1.29 is 14.3 Å². The van der Waals surface area contributed by atoms with Crippen molar-refractivity contribution in [2.24, 2.45) is 11.7 Å². The van der Waals surface area contributed by atoms with Gasteiger partial charge in [-0.3, -0.25) is 9.59 Å². The number of nitrogens with one attached hydrogen (secondary N) is 1. The van der Waals surface area contributed by atoms with Gasteiger partial charge in [-0.25, -0.2) is 0 Å². The molecule has 0 spiro atoms. The van der Waals surface area contributed by atoms with E-state index in [-0.39, 0.29) is 18.4 Å². The molecule has 0 aliphatic carbocycles. The summed E-state index contributed by atoms with van der Waals surface area (Å²) in [7, 11) is 0. The van der Waals surface area contributed by atoms with Gasteiger partial charge in [0.15, 0.2) is 6.61 Å². The van der Waals surface area contributed by atoms with Crippen LogP contribution in [0.2, 0.25) is 0 Å². The van der Waals surface area contributed by atoms with Gasteiger partial charge in [0.1, 0.15) is 5.75 Å². The van der Waals surface area contributed by atoms with Crippen LogP contribution in [0.5, 0.6) is 5.75 Å². The van der Waals surface area contributed by atoms with E-state index < -0.39 is 5.91 Å². The van der Waals surface area contributed by atoms with E-state index in [1.54, 1.807) is 24.3 Å². The first-order chi connectivity index (χ1) is 9.02. The summed E-state index contributed by atoms with van der Waals surface area (Å²) in [5.74, 6) is 0.0209. The van der Waals surface area contributed by atoms with Crippen LogP contribution in [0.25, 0.3) is 0 Å². The van der Waals surface area contributed by atoms with Crippen LogP contribution >= 0.6 is 0 Å². The van der Waals surface area contributed by atoms with Crippen molar-refractivity contribution in [3.8, 4) is 5.75 Å². The van der Waals surface area contributed by atoms with Crippen LogP contribution in [0.1, 0.15) is 26.7 Å². The van der Waals surface area contributed by atoms with Crippen molar-refractivity contribution in [3.05, 3.63) is 24.3 Å². The number of carbonyl (C=O) groups excluding carboxylic acids is 2. The fraction of sp³-hybridized carbons (Fsp3) is 0.429. The number of hydrogen-bond donors (Lipinski definition) is 2. The number of ether oxygens (including phenoxy) is 1. The lowest BCUT2D eigenvalue weighted by Crippen LogP contribution is -2.20. The minimum Gasteiger partial charge on any atom is -0.484 e. The van der Waals surface area contributed by atoms with Crippen molar-refractivity contribution in [1.29, 1.82) is 0 Å². The average molecular weight is 264 g/mol. The van der Waals surface area contributed by atoms with E-state index in [2.05, 4.69) is 12.2 Å². The lowest BCUT2D eigenvalue weighted by Gasteiger charge is -2.11. The molecule has 1 aromatic rings. The zero-order chi connectivity index (χ0) is 14.3. The Morgan fingerprint density at radius 3 is 2.47 bits per heavy atom. The highest BCUT2D eigenvalue weighted by Crippen LogP contribution is 2.17. The minimum absolute atomic E-state index is 0.00390. The van der Waals surface area contributed by atoms with Crippen LogP contribution in [0, 0.1) is 5.92 Å². The van der Waals surface area contributed by atoms with Gasteiger partial charge in [0.05, 0.1) is 0 Å². The SMILES string of the molecule is CCCC(C)C(=O)Nc1ccc(OCC(N)=O)cc1. The summed E-state index contributed by atoms with van der Waals surface area (Å²) in [6, 6.07) is 6.83. The normalized spacial score (nSPS) is 11.7. The highest BCUT2D eigenvalue weighted by atomic mass is 16.5. The first-order valence-corrected chi connectivity index (χ1v) is 6.35. The topological polar surface area (TPSA) is 81.4 Å². The summed E-state index contributed by atoms with van der Waals surface area (Å²) in [5.41, 5.74) is 5.68. The van der Waals surface area contributed by atoms with E-state index in [9.17, 15) is 9.59 Å². The van der Waals surface area contributed by atoms with Gasteiger partial charge in [0.25, 0.3) is 5.91 Å². The maximum absolute atomic E-state index is 11.8. The third-order valence-corrected chi connectivity index (χ3v) is 2.67. The van der Waals surface area contributed by atoms with Crippen molar-refractivity contribution in [1.82, 2.24) is 0 Å².